The highest BCUT2D eigenvalue weighted by molar-refractivity contribution is 9.10. The summed E-state index contributed by atoms with van der Waals surface area (Å²) in [7, 11) is 0. The maximum Gasteiger partial charge on any atom is 0.129 e. The molecule has 0 aliphatic heterocycles. The van der Waals surface area contributed by atoms with Crippen molar-refractivity contribution in [1.82, 2.24) is 5.32 Å². The Morgan fingerprint density at radius 2 is 2.18 bits per heavy atom. The molecule has 2 nitrogen and oxygen atoms in total. The fourth-order valence-corrected chi connectivity index (χ4v) is 2.19. The maximum absolute atomic E-state index is 13.7. The van der Waals surface area contributed by atoms with Crippen LogP contribution in [-0.4, -0.2) is 17.8 Å². The van der Waals surface area contributed by atoms with Crippen LogP contribution in [0.25, 0.3) is 0 Å². The van der Waals surface area contributed by atoms with Crippen LogP contribution < -0.4 is 5.32 Å². The Morgan fingerprint density at radius 3 is 2.71 bits per heavy atom. The smallest absolute Gasteiger partial charge is 0.129 e. The average Bonchev–Trinajstić information content (AvgIpc) is 2.28. The molecule has 2 atom stereocenters. The predicted octanol–water partition coefficient (Wildman–Crippen LogP) is 3.40. The number of aliphatic hydroxyl groups is 1. The lowest BCUT2D eigenvalue weighted by Crippen LogP contribution is -2.32. The molecule has 0 saturated carbocycles. The summed E-state index contributed by atoms with van der Waals surface area (Å²) in [4.78, 5) is 0. The van der Waals surface area contributed by atoms with Crippen LogP contribution in [0, 0.1) is 5.82 Å². The van der Waals surface area contributed by atoms with Crippen LogP contribution in [0.5, 0.6) is 0 Å². The van der Waals surface area contributed by atoms with Gasteiger partial charge in [-0.15, -0.1) is 0 Å². The minimum Gasteiger partial charge on any atom is -0.396 e. The van der Waals surface area contributed by atoms with Gasteiger partial charge in [-0.1, -0.05) is 28.9 Å². The summed E-state index contributed by atoms with van der Waals surface area (Å²) < 4.78 is 14.5. The molecule has 0 radical (unpaired) electrons. The molecule has 0 spiro atoms. The first-order valence-corrected chi connectivity index (χ1v) is 6.69. The molecule has 0 aromatic heterocycles. The number of benzene rings is 1. The number of aliphatic hydroxyl groups excluding tert-OH is 1. The van der Waals surface area contributed by atoms with E-state index in [9.17, 15) is 4.39 Å². The maximum atomic E-state index is 13.7. The molecule has 96 valence electrons. The zero-order valence-electron chi connectivity index (χ0n) is 10.2. The van der Waals surface area contributed by atoms with Gasteiger partial charge >= 0.3 is 0 Å². The molecule has 0 saturated heterocycles. The van der Waals surface area contributed by atoms with Crippen molar-refractivity contribution in [2.45, 2.75) is 38.8 Å². The first-order chi connectivity index (χ1) is 8.08. The summed E-state index contributed by atoms with van der Waals surface area (Å²) >= 11 is 3.24. The third kappa shape index (κ3) is 4.37. The van der Waals surface area contributed by atoms with E-state index >= 15 is 0 Å². The highest BCUT2D eigenvalue weighted by Gasteiger charge is 2.14. The SMILES string of the molecule is CCC(CCO)NC(C)c1ccc(Br)cc1F. The molecule has 0 bridgehead atoms. The number of hydrogen-bond acceptors (Lipinski definition) is 2. The topological polar surface area (TPSA) is 32.3 Å². The van der Waals surface area contributed by atoms with E-state index in [1.54, 1.807) is 6.07 Å². The molecule has 17 heavy (non-hydrogen) atoms. The quantitative estimate of drug-likeness (QED) is 0.844. The standard InChI is InChI=1S/C13H19BrFNO/c1-3-11(6-7-17)16-9(2)12-5-4-10(14)8-13(12)15/h4-5,8-9,11,16-17H,3,6-7H2,1-2H3. The van der Waals surface area contributed by atoms with Crippen LogP contribution in [0.1, 0.15) is 38.3 Å². The minimum atomic E-state index is -0.210. The number of halogens is 2. The molecule has 0 aliphatic carbocycles. The van der Waals surface area contributed by atoms with Gasteiger partial charge in [-0.25, -0.2) is 4.39 Å². The molecule has 0 aliphatic rings. The van der Waals surface area contributed by atoms with Crippen LogP contribution in [0.3, 0.4) is 0 Å². The van der Waals surface area contributed by atoms with Gasteiger partial charge in [0.05, 0.1) is 0 Å². The van der Waals surface area contributed by atoms with Crippen LogP contribution in [0.4, 0.5) is 4.39 Å². The summed E-state index contributed by atoms with van der Waals surface area (Å²) in [5.41, 5.74) is 0.657. The second-order valence-electron chi connectivity index (χ2n) is 4.17. The van der Waals surface area contributed by atoms with E-state index in [2.05, 4.69) is 28.2 Å². The molecule has 0 fully saturated rings. The fourth-order valence-electron chi connectivity index (χ4n) is 1.86. The third-order valence-corrected chi connectivity index (χ3v) is 3.38. The van der Waals surface area contributed by atoms with Crippen molar-refractivity contribution in [2.75, 3.05) is 6.61 Å². The monoisotopic (exact) mass is 303 g/mol. The van der Waals surface area contributed by atoms with Crippen molar-refractivity contribution in [3.05, 3.63) is 34.1 Å². The summed E-state index contributed by atoms with van der Waals surface area (Å²) in [6.45, 7) is 4.14. The second-order valence-corrected chi connectivity index (χ2v) is 5.09. The van der Waals surface area contributed by atoms with Crippen LogP contribution in [0.2, 0.25) is 0 Å². The Hall–Kier alpha value is -0.450. The van der Waals surface area contributed by atoms with E-state index in [1.807, 2.05) is 13.0 Å². The van der Waals surface area contributed by atoms with Crippen LogP contribution in [-0.2, 0) is 0 Å². The van der Waals surface area contributed by atoms with E-state index in [1.165, 1.54) is 6.07 Å². The molecule has 1 aromatic carbocycles. The molecule has 2 unspecified atom stereocenters. The summed E-state index contributed by atoms with van der Waals surface area (Å²) in [6.07, 6.45) is 1.61. The number of rotatable bonds is 6. The van der Waals surface area contributed by atoms with E-state index in [4.69, 9.17) is 5.11 Å². The highest BCUT2D eigenvalue weighted by Crippen LogP contribution is 2.21. The lowest BCUT2D eigenvalue weighted by molar-refractivity contribution is 0.256. The molecular formula is C13H19BrFNO. The summed E-state index contributed by atoms with van der Waals surface area (Å²) in [5, 5.41) is 12.3. The Balaban J connectivity index is 2.71. The second kappa shape index (κ2) is 7.09. The molecule has 1 aromatic rings. The molecule has 4 heteroatoms. The lowest BCUT2D eigenvalue weighted by Gasteiger charge is -2.22. The van der Waals surface area contributed by atoms with Gasteiger partial charge in [0.2, 0.25) is 0 Å². The van der Waals surface area contributed by atoms with Gasteiger partial charge in [0.1, 0.15) is 5.82 Å². The number of nitrogens with one attached hydrogen (secondary N) is 1. The number of hydrogen-bond donors (Lipinski definition) is 2. The van der Waals surface area contributed by atoms with Crippen molar-refractivity contribution in [2.24, 2.45) is 0 Å². The molecule has 0 amide bonds. The van der Waals surface area contributed by atoms with Crippen molar-refractivity contribution < 1.29 is 9.50 Å². The van der Waals surface area contributed by atoms with Gasteiger partial charge in [-0.3, -0.25) is 0 Å². The lowest BCUT2D eigenvalue weighted by atomic mass is 10.0. The molecular weight excluding hydrogens is 285 g/mol. The first kappa shape index (κ1) is 14.6. The van der Waals surface area contributed by atoms with Crippen molar-refractivity contribution >= 4 is 15.9 Å². The predicted molar refractivity (Wildman–Crippen MR) is 71.4 cm³/mol. The van der Waals surface area contributed by atoms with E-state index in [0.29, 0.717) is 12.0 Å². The Bertz CT molecular complexity index is 359. The van der Waals surface area contributed by atoms with Gasteiger partial charge in [-0.05, 0) is 31.9 Å². The van der Waals surface area contributed by atoms with Crippen LogP contribution >= 0.6 is 15.9 Å². The van der Waals surface area contributed by atoms with Gasteiger partial charge in [0, 0.05) is 28.7 Å². The van der Waals surface area contributed by atoms with Crippen molar-refractivity contribution in [3.8, 4) is 0 Å². The molecule has 2 N–H and O–H groups in total. The summed E-state index contributed by atoms with van der Waals surface area (Å²) in [6, 6.07) is 5.25. The first-order valence-electron chi connectivity index (χ1n) is 5.90. The van der Waals surface area contributed by atoms with E-state index in [-0.39, 0.29) is 24.5 Å². The average molecular weight is 304 g/mol. The van der Waals surface area contributed by atoms with Gasteiger partial charge in [0.15, 0.2) is 0 Å². The van der Waals surface area contributed by atoms with Crippen molar-refractivity contribution in [1.29, 1.82) is 0 Å². The Kier molecular flexibility index (Phi) is 6.09. The van der Waals surface area contributed by atoms with E-state index in [0.717, 1.165) is 10.9 Å². The third-order valence-electron chi connectivity index (χ3n) is 2.89. The Labute approximate surface area is 110 Å². The minimum absolute atomic E-state index is 0.0559. The fraction of sp³-hybridized carbons (Fsp3) is 0.538. The van der Waals surface area contributed by atoms with Gasteiger partial charge in [-0.2, -0.15) is 0 Å². The zero-order chi connectivity index (χ0) is 12.8. The highest BCUT2D eigenvalue weighted by atomic mass is 79.9. The summed E-state index contributed by atoms with van der Waals surface area (Å²) in [5.74, 6) is -0.210. The largest absolute Gasteiger partial charge is 0.396 e. The van der Waals surface area contributed by atoms with Gasteiger partial charge < -0.3 is 10.4 Å². The van der Waals surface area contributed by atoms with Gasteiger partial charge in [0.25, 0.3) is 0 Å². The van der Waals surface area contributed by atoms with Crippen molar-refractivity contribution in [3.63, 3.8) is 0 Å². The molecule has 1 rings (SSSR count). The Morgan fingerprint density at radius 1 is 1.47 bits per heavy atom. The molecule has 0 heterocycles. The van der Waals surface area contributed by atoms with Crippen LogP contribution in [0.15, 0.2) is 22.7 Å². The normalized spacial score (nSPS) is 14.6. The van der Waals surface area contributed by atoms with E-state index < -0.39 is 0 Å². The zero-order valence-corrected chi connectivity index (χ0v) is 11.8.